The van der Waals surface area contributed by atoms with Crippen LogP contribution in [0.25, 0.3) is 0 Å². The second-order valence-electron chi connectivity index (χ2n) is 3.41. The van der Waals surface area contributed by atoms with E-state index in [2.05, 4.69) is 6.92 Å². The summed E-state index contributed by atoms with van der Waals surface area (Å²) >= 11 is 0. The molecule has 1 unspecified atom stereocenters. The van der Waals surface area contributed by atoms with Crippen LogP contribution in [0, 0.1) is 0 Å². The minimum Gasteiger partial charge on any atom is -0.550 e. The van der Waals surface area contributed by atoms with Gasteiger partial charge in [0.2, 0.25) is 0 Å². The van der Waals surface area contributed by atoms with Crippen molar-refractivity contribution < 1.29 is 44.6 Å². The van der Waals surface area contributed by atoms with E-state index in [1.54, 1.807) is 0 Å². The van der Waals surface area contributed by atoms with E-state index >= 15 is 0 Å². The van der Waals surface area contributed by atoms with Gasteiger partial charge in [0, 0.05) is 5.97 Å². The number of hydrogen-bond acceptors (Lipinski definition) is 3. The topological polar surface area (TPSA) is 60.4 Å². The number of hydrogen-bond donors (Lipinski definition) is 1. The first-order chi connectivity index (χ1) is 6.16. The molecule has 0 saturated heterocycles. The number of aliphatic carboxylic acids is 1. The van der Waals surface area contributed by atoms with E-state index in [0.29, 0.717) is 12.8 Å². The van der Waals surface area contributed by atoms with Crippen LogP contribution in [0.3, 0.4) is 0 Å². The molecule has 0 saturated carbocycles. The molecule has 4 heteroatoms. The number of carbonyl (C=O) groups is 1. The van der Waals surface area contributed by atoms with Crippen LogP contribution in [0.15, 0.2) is 0 Å². The molecule has 0 amide bonds. The number of rotatable bonds is 8. The molecule has 0 rings (SSSR count). The van der Waals surface area contributed by atoms with Gasteiger partial charge in [0.05, 0.1) is 6.10 Å². The maximum absolute atomic E-state index is 10.0. The van der Waals surface area contributed by atoms with Gasteiger partial charge >= 0.3 is 29.6 Å². The standard InChI is InChI=1S/C10H20O3.Na/c1-2-3-4-6-9(11)7-5-8-10(12)13;/h9,11H,2-8H2,1H3,(H,12,13);/q;+1/p-1. The minimum atomic E-state index is -1.03. The average molecular weight is 210 g/mol. The summed E-state index contributed by atoms with van der Waals surface area (Å²) in [5.41, 5.74) is 0. The van der Waals surface area contributed by atoms with Crippen molar-refractivity contribution in [2.75, 3.05) is 0 Å². The summed E-state index contributed by atoms with van der Waals surface area (Å²) in [6.45, 7) is 2.11. The molecule has 1 N–H and O–H groups in total. The van der Waals surface area contributed by atoms with Gasteiger partial charge < -0.3 is 15.0 Å². The molecule has 14 heavy (non-hydrogen) atoms. The van der Waals surface area contributed by atoms with Crippen molar-refractivity contribution in [3.05, 3.63) is 0 Å². The number of unbranched alkanes of at least 4 members (excludes halogenated alkanes) is 2. The second kappa shape index (κ2) is 11.5. The van der Waals surface area contributed by atoms with E-state index < -0.39 is 5.97 Å². The van der Waals surface area contributed by atoms with Crippen molar-refractivity contribution in [2.45, 2.75) is 58.0 Å². The normalized spacial score (nSPS) is 11.9. The van der Waals surface area contributed by atoms with Gasteiger partial charge in [-0.15, -0.1) is 0 Å². The smallest absolute Gasteiger partial charge is 0.550 e. The minimum absolute atomic E-state index is 0. The third-order valence-corrected chi connectivity index (χ3v) is 2.06. The largest absolute Gasteiger partial charge is 1.00 e. The molecule has 1 atom stereocenters. The fourth-order valence-corrected chi connectivity index (χ4v) is 1.26. The molecule has 0 aromatic rings. The van der Waals surface area contributed by atoms with Gasteiger partial charge in [-0.25, -0.2) is 0 Å². The molecule has 78 valence electrons. The van der Waals surface area contributed by atoms with Gasteiger partial charge in [0.15, 0.2) is 0 Å². The molecular formula is C10H19NaO3. The summed E-state index contributed by atoms with van der Waals surface area (Å²) in [6, 6.07) is 0. The van der Waals surface area contributed by atoms with E-state index in [1.165, 1.54) is 0 Å². The Morgan fingerprint density at radius 2 is 1.86 bits per heavy atom. The van der Waals surface area contributed by atoms with Crippen molar-refractivity contribution in [3.8, 4) is 0 Å². The summed E-state index contributed by atoms with van der Waals surface area (Å²) in [7, 11) is 0. The summed E-state index contributed by atoms with van der Waals surface area (Å²) in [5.74, 6) is -1.03. The number of aliphatic hydroxyl groups is 1. The first-order valence-corrected chi connectivity index (χ1v) is 5.04. The van der Waals surface area contributed by atoms with E-state index in [-0.39, 0.29) is 42.1 Å². The number of carboxylic acids is 1. The molecule has 0 radical (unpaired) electrons. The van der Waals surface area contributed by atoms with E-state index in [9.17, 15) is 15.0 Å². The van der Waals surface area contributed by atoms with Gasteiger partial charge in [-0.3, -0.25) is 0 Å². The van der Waals surface area contributed by atoms with Crippen LogP contribution in [0.5, 0.6) is 0 Å². The first-order valence-electron chi connectivity index (χ1n) is 5.04. The van der Waals surface area contributed by atoms with Gasteiger partial charge in [-0.05, 0) is 25.7 Å². The Kier molecular flexibility index (Phi) is 13.8. The fraction of sp³-hybridized carbons (Fsp3) is 0.900. The molecule has 0 aliphatic carbocycles. The molecule has 0 aliphatic rings. The average Bonchev–Trinajstić information content (AvgIpc) is 2.04. The third kappa shape index (κ3) is 12.4. The van der Waals surface area contributed by atoms with Crippen LogP contribution in [-0.4, -0.2) is 17.2 Å². The zero-order valence-electron chi connectivity index (χ0n) is 9.29. The Morgan fingerprint density at radius 3 is 2.36 bits per heavy atom. The quantitative estimate of drug-likeness (QED) is 0.367. The molecule has 0 aliphatic heterocycles. The van der Waals surface area contributed by atoms with Crippen molar-refractivity contribution >= 4 is 5.97 Å². The van der Waals surface area contributed by atoms with E-state index in [0.717, 1.165) is 25.7 Å². The van der Waals surface area contributed by atoms with Gasteiger partial charge in [0.1, 0.15) is 0 Å². The first kappa shape index (κ1) is 16.8. The summed E-state index contributed by atoms with van der Waals surface area (Å²) in [5, 5.41) is 19.4. The predicted octanol–water partition coefficient (Wildman–Crippen LogP) is -2.15. The maximum atomic E-state index is 10.0. The van der Waals surface area contributed by atoms with Crippen molar-refractivity contribution in [1.29, 1.82) is 0 Å². The fourth-order valence-electron chi connectivity index (χ4n) is 1.26. The second-order valence-corrected chi connectivity index (χ2v) is 3.41. The van der Waals surface area contributed by atoms with Crippen molar-refractivity contribution in [1.82, 2.24) is 0 Å². The molecule has 0 fully saturated rings. The summed E-state index contributed by atoms with van der Waals surface area (Å²) in [6.07, 6.45) is 4.94. The molecule has 0 spiro atoms. The number of carboxylic acid groups (broad SMARTS) is 1. The monoisotopic (exact) mass is 210 g/mol. The van der Waals surface area contributed by atoms with Crippen LogP contribution in [0.4, 0.5) is 0 Å². The molecule has 0 aromatic carbocycles. The van der Waals surface area contributed by atoms with Crippen LogP contribution < -0.4 is 34.7 Å². The Bertz CT molecular complexity index is 139. The Labute approximate surface area is 108 Å². The predicted molar refractivity (Wildman–Crippen MR) is 49.0 cm³/mol. The number of carbonyl (C=O) groups excluding carboxylic acids is 1. The molecule has 3 nitrogen and oxygen atoms in total. The Balaban J connectivity index is 0. The van der Waals surface area contributed by atoms with Crippen LogP contribution in [0.1, 0.15) is 51.9 Å². The van der Waals surface area contributed by atoms with E-state index in [1.807, 2.05) is 0 Å². The van der Waals surface area contributed by atoms with Crippen LogP contribution >= 0.6 is 0 Å². The van der Waals surface area contributed by atoms with Gasteiger partial charge in [0.25, 0.3) is 0 Å². The third-order valence-electron chi connectivity index (χ3n) is 2.06. The van der Waals surface area contributed by atoms with Gasteiger partial charge in [-0.1, -0.05) is 26.2 Å². The Hall–Kier alpha value is 0.430. The molecule has 0 bridgehead atoms. The SMILES string of the molecule is CCCCCC(O)CCCC(=O)[O-].[Na+]. The Morgan fingerprint density at radius 1 is 1.29 bits per heavy atom. The van der Waals surface area contributed by atoms with Crippen molar-refractivity contribution in [2.24, 2.45) is 0 Å². The zero-order valence-corrected chi connectivity index (χ0v) is 11.3. The van der Waals surface area contributed by atoms with Crippen molar-refractivity contribution in [3.63, 3.8) is 0 Å². The maximum Gasteiger partial charge on any atom is 1.00 e. The van der Waals surface area contributed by atoms with Gasteiger partial charge in [-0.2, -0.15) is 0 Å². The molecule has 0 heterocycles. The summed E-state index contributed by atoms with van der Waals surface area (Å²) < 4.78 is 0. The van der Waals surface area contributed by atoms with Crippen LogP contribution in [-0.2, 0) is 4.79 Å². The molecular weight excluding hydrogens is 191 g/mol. The molecule has 0 aromatic heterocycles. The number of aliphatic hydroxyl groups excluding tert-OH is 1. The van der Waals surface area contributed by atoms with Crippen LogP contribution in [0.2, 0.25) is 0 Å². The zero-order chi connectivity index (χ0) is 10.1. The van der Waals surface area contributed by atoms with E-state index in [4.69, 9.17) is 0 Å². The summed E-state index contributed by atoms with van der Waals surface area (Å²) in [4.78, 5) is 10.0.